The number of benzene rings is 1. The van der Waals surface area contributed by atoms with Crippen LogP contribution >= 0.6 is 27.5 Å². The molecule has 1 atom stereocenters. The van der Waals surface area contributed by atoms with E-state index in [9.17, 15) is 0 Å². The van der Waals surface area contributed by atoms with E-state index >= 15 is 0 Å². The first-order valence-corrected chi connectivity index (χ1v) is 6.40. The molecule has 0 radical (unpaired) electrons. The predicted molar refractivity (Wildman–Crippen MR) is 69.6 cm³/mol. The van der Waals surface area contributed by atoms with Crippen molar-refractivity contribution in [3.63, 3.8) is 0 Å². The molecule has 1 saturated carbocycles. The smallest absolute Gasteiger partial charge is 0.0648 e. The van der Waals surface area contributed by atoms with Crippen molar-refractivity contribution >= 4 is 33.2 Å². The maximum absolute atomic E-state index is 6.15. The second kappa shape index (κ2) is 3.99. The molecule has 1 nitrogen and oxygen atoms in total. The highest BCUT2D eigenvalue weighted by atomic mass is 79.9. The molecule has 0 bridgehead atoms. The van der Waals surface area contributed by atoms with Gasteiger partial charge in [0.15, 0.2) is 0 Å². The molecule has 1 fully saturated rings. The molecule has 1 aromatic carbocycles. The normalized spacial score (nSPS) is 19.7. The lowest BCUT2D eigenvalue weighted by Crippen LogP contribution is -2.24. The van der Waals surface area contributed by atoms with Crippen LogP contribution in [0, 0.1) is 5.41 Å². The van der Waals surface area contributed by atoms with Crippen LogP contribution in [0.15, 0.2) is 22.7 Å². The van der Waals surface area contributed by atoms with Crippen LogP contribution in [0.5, 0.6) is 0 Å². The molecule has 0 heterocycles. The van der Waals surface area contributed by atoms with Crippen molar-refractivity contribution in [2.45, 2.75) is 32.7 Å². The van der Waals surface area contributed by atoms with Gasteiger partial charge in [0.2, 0.25) is 0 Å². The minimum Gasteiger partial charge on any atom is -0.381 e. The van der Waals surface area contributed by atoms with Crippen molar-refractivity contribution in [3.8, 4) is 0 Å². The molecule has 3 heteroatoms. The Balaban J connectivity index is 2.10. The Hall–Kier alpha value is -0.210. The molecule has 15 heavy (non-hydrogen) atoms. The van der Waals surface area contributed by atoms with Gasteiger partial charge in [0.05, 0.1) is 10.7 Å². The molecule has 0 saturated heterocycles. The Kier molecular flexibility index (Phi) is 3.00. The van der Waals surface area contributed by atoms with Gasteiger partial charge >= 0.3 is 0 Å². The summed E-state index contributed by atoms with van der Waals surface area (Å²) in [6, 6.07) is 6.44. The molecule has 1 aliphatic carbocycles. The Morgan fingerprint density at radius 2 is 2.13 bits per heavy atom. The van der Waals surface area contributed by atoms with Crippen molar-refractivity contribution in [2.24, 2.45) is 5.41 Å². The van der Waals surface area contributed by atoms with Gasteiger partial charge in [-0.25, -0.2) is 0 Å². The third kappa shape index (κ3) is 2.48. The van der Waals surface area contributed by atoms with E-state index in [-0.39, 0.29) is 0 Å². The third-order valence-corrected chi connectivity index (χ3v) is 4.19. The number of halogens is 2. The van der Waals surface area contributed by atoms with Crippen LogP contribution in [0.4, 0.5) is 5.69 Å². The molecule has 82 valence electrons. The van der Waals surface area contributed by atoms with Crippen molar-refractivity contribution < 1.29 is 0 Å². The largest absolute Gasteiger partial charge is 0.381 e. The molecule has 0 amide bonds. The van der Waals surface area contributed by atoms with Gasteiger partial charge in [-0.2, -0.15) is 0 Å². The van der Waals surface area contributed by atoms with Gasteiger partial charge in [-0.05, 0) is 43.4 Å². The van der Waals surface area contributed by atoms with Crippen LogP contribution in [0.25, 0.3) is 0 Å². The van der Waals surface area contributed by atoms with Crippen molar-refractivity contribution in [2.75, 3.05) is 5.32 Å². The third-order valence-electron chi connectivity index (χ3n) is 3.39. The summed E-state index contributed by atoms with van der Waals surface area (Å²) in [5.74, 6) is 0. The highest BCUT2D eigenvalue weighted by molar-refractivity contribution is 9.10. The zero-order valence-corrected chi connectivity index (χ0v) is 11.3. The predicted octanol–water partition coefficient (Wildman–Crippen LogP) is 4.70. The standard InChI is InChI=1S/C12H15BrClN/c1-8(12(2)5-6-12)15-11-4-3-9(13)7-10(11)14/h3-4,7-8,15H,5-6H2,1-2H3. The average Bonchev–Trinajstić information content (AvgIpc) is 2.90. The van der Waals surface area contributed by atoms with E-state index in [1.54, 1.807) is 0 Å². The maximum Gasteiger partial charge on any atom is 0.0648 e. The summed E-state index contributed by atoms with van der Waals surface area (Å²) in [5.41, 5.74) is 1.50. The fourth-order valence-electron chi connectivity index (χ4n) is 1.64. The summed E-state index contributed by atoms with van der Waals surface area (Å²) >= 11 is 9.55. The topological polar surface area (TPSA) is 12.0 Å². The van der Waals surface area contributed by atoms with Crippen molar-refractivity contribution in [3.05, 3.63) is 27.7 Å². The molecular weight excluding hydrogens is 273 g/mol. The van der Waals surface area contributed by atoms with E-state index in [0.717, 1.165) is 15.2 Å². The number of nitrogens with one attached hydrogen (secondary N) is 1. The Labute approximate surface area is 104 Å². The van der Waals surface area contributed by atoms with Gasteiger partial charge < -0.3 is 5.32 Å². The monoisotopic (exact) mass is 287 g/mol. The van der Waals surface area contributed by atoms with E-state index in [2.05, 4.69) is 35.1 Å². The maximum atomic E-state index is 6.15. The molecule has 1 unspecified atom stereocenters. The fraction of sp³-hybridized carbons (Fsp3) is 0.500. The van der Waals surface area contributed by atoms with Crippen LogP contribution in [0.1, 0.15) is 26.7 Å². The first-order valence-electron chi connectivity index (χ1n) is 5.23. The lowest BCUT2D eigenvalue weighted by molar-refractivity contribution is 0.493. The number of anilines is 1. The average molecular weight is 289 g/mol. The molecule has 0 spiro atoms. The van der Waals surface area contributed by atoms with Crippen LogP contribution in [-0.2, 0) is 0 Å². The van der Waals surface area contributed by atoms with Crippen molar-refractivity contribution in [1.29, 1.82) is 0 Å². The van der Waals surface area contributed by atoms with E-state index in [4.69, 9.17) is 11.6 Å². The van der Waals surface area contributed by atoms with Gasteiger partial charge in [-0.1, -0.05) is 34.5 Å². The van der Waals surface area contributed by atoms with Crippen LogP contribution < -0.4 is 5.32 Å². The van der Waals surface area contributed by atoms with Crippen LogP contribution in [0.2, 0.25) is 5.02 Å². The Bertz CT molecular complexity index is 374. The lowest BCUT2D eigenvalue weighted by Gasteiger charge is -2.22. The number of hydrogen-bond donors (Lipinski definition) is 1. The van der Waals surface area contributed by atoms with Gasteiger partial charge in [0.25, 0.3) is 0 Å². The summed E-state index contributed by atoms with van der Waals surface area (Å²) in [4.78, 5) is 0. The lowest BCUT2D eigenvalue weighted by atomic mass is 10.0. The van der Waals surface area contributed by atoms with Crippen molar-refractivity contribution in [1.82, 2.24) is 0 Å². The van der Waals surface area contributed by atoms with Crippen LogP contribution in [-0.4, -0.2) is 6.04 Å². The summed E-state index contributed by atoms with van der Waals surface area (Å²) in [5, 5.41) is 4.27. The SMILES string of the molecule is CC(Nc1ccc(Br)cc1Cl)C1(C)CC1. The quantitative estimate of drug-likeness (QED) is 0.850. The summed E-state index contributed by atoms with van der Waals surface area (Å²) in [6.45, 7) is 4.54. The molecule has 1 N–H and O–H groups in total. The zero-order chi connectivity index (χ0) is 11.1. The van der Waals surface area contributed by atoms with Crippen LogP contribution in [0.3, 0.4) is 0 Å². The van der Waals surface area contributed by atoms with Gasteiger partial charge in [-0.15, -0.1) is 0 Å². The second-order valence-corrected chi connectivity index (χ2v) is 5.97. The summed E-state index contributed by atoms with van der Waals surface area (Å²) in [7, 11) is 0. The Morgan fingerprint density at radius 1 is 1.47 bits per heavy atom. The summed E-state index contributed by atoms with van der Waals surface area (Å²) in [6.07, 6.45) is 2.63. The second-order valence-electron chi connectivity index (χ2n) is 4.64. The minimum absolute atomic E-state index is 0.469. The number of rotatable bonds is 3. The van der Waals surface area contributed by atoms with Gasteiger partial charge in [0, 0.05) is 10.5 Å². The van der Waals surface area contributed by atoms with Gasteiger partial charge in [0.1, 0.15) is 0 Å². The van der Waals surface area contributed by atoms with E-state index < -0.39 is 0 Å². The molecular formula is C12H15BrClN. The Morgan fingerprint density at radius 3 is 2.67 bits per heavy atom. The fourth-order valence-corrected chi connectivity index (χ4v) is 2.37. The number of hydrogen-bond acceptors (Lipinski definition) is 1. The van der Waals surface area contributed by atoms with E-state index in [1.807, 2.05) is 18.2 Å². The first-order chi connectivity index (χ1) is 7.01. The van der Waals surface area contributed by atoms with E-state index in [0.29, 0.717) is 11.5 Å². The molecule has 2 rings (SSSR count). The van der Waals surface area contributed by atoms with E-state index in [1.165, 1.54) is 12.8 Å². The molecule has 1 aromatic rings. The molecule has 0 aliphatic heterocycles. The molecule has 0 aromatic heterocycles. The highest BCUT2D eigenvalue weighted by Crippen LogP contribution is 2.49. The minimum atomic E-state index is 0.469. The highest BCUT2D eigenvalue weighted by Gasteiger charge is 2.42. The molecule has 1 aliphatic rings. The first kappa shape index (κ1) is 11.3. The zero-order valence-electron chi connectivity index (χ0n) is 8.98. The van der Waals surface area contributed by atoms with Gasteiger partial charge in [-0.3, -0.25) is 0 Å². The summed E-state index contributed by atoms with van der Waals surface area (Å²) < 4.78 is 1.02.